The van der Waals surface area contributed by atoms with Gasteiger partial charge in [0.15, 0.2) is 5.13 Å². The van der Waals surface area contributed by atoms with Crippen LogP contribution >= 0.6 is 11.3 Å². The predicted octanol–water partition coefficient (Wildman–Crippen LogP) is 4.48. The van der Waals surface area contributed by atoms with E-state index in [2.05, 4.69) is 10.3 Å². The Hall–Kier alpha value is -2.47. The second-order valence-corrected chi connectivity index (χ2v) is 5.99. The lowest BCUT2D eigenvalue weighted by Crippen LogP contribution is -2.11. The van der Waals surface area contributed by atoms with Crippen LogP contribution in [0.5, 0.6) is 5.75 Å². The van der Waals surface area contributed by atoms with Crippen LogP contribution in [0.1, 0.15) is 23.7 Å². The summed E-state index contributed by atoms with van der Waals surface area (Å²) < 4.78 is 19.7. The second-order valence-electron chi connectivity index (χ2n) is 4.96. The van der Waals surface area contributed by atoms with E-state index in [4.69, 9.17) is 4.74 Å². The molecule has 1 aromatic heterocycles. The van der Waals surface area contributed by atoms with Gasteiger partial charge in [0, 0.05) is 5.56 Å². The Kier molecular flexibility index (Phi) is 4.52. The number of carbonyl (C=O) groups is 1. The Morgan fingerprint density at radius 2 is 2.17 bits per heavy atom. The van der Waals surface area contributed by atoms with Crippen molar-refractivity contribution in [2.75, 3.05) is 11.9 Å². The maximum atomic E-state index is 13.2. The van der Waals surface area contributed by atoms with E-state index >= 15 is 0 Å². The fourth-order valence-electron chi connectivity index (χ4n) is 2.07. The molecule has 0 unspecified atom stereocenters. The van der Waals surface area contributed by atoms with Crippen LogP contribution in [0.2, 0.25) is 0 Å². The minimum atomic E-state index is -0.445. The average molecular weight is 330 g/mol. The summed E-state index contributed by atoms with van der Waals surface area (Å²) in [7, 11) is 0. The Balaban J connectivity index is 1.79. The van der Waals surface area contributed by atoms with Crippen LogP contribution in [0.3, 0.4) is 0 Å². The number of nitrogens with zero attached hydrogens (tertiary/aromatic N) is 1. The van der Waals surface area contributed by atoms with E-state index < -0.39 is 5.82 Å². The highest BCUT2D eigenvalue weighted by Gasteiger charge is 2.11. The van der Waals surface area contributed by atoms with Gasteiger partial charge in [0.25, 0.3) is 5.91 Å². The fraction of sp³-hybridized carbons (Fsp3) is 0.176. The number of rotatable bonds is 5. The summed E-state index contributed by atoms with van der Waals surface area (Å²) in [5, 5.41) is 3.17. The molecule has 1 N–H and O–H groups in total. The summed E-state index contributed by atoms with van der Waals surface area (Å²) in [6.45, 7) is 2.71. The molecule has 0 saturated carbocycles. The first kappa shape index (κ1) is 15.4. The van der Waals surface area contributed by atoms with Gasteiger partial charge in [-0.2, -0.15) is 0 Å². The summed E-state index contributed by atoms with van der Waals surface area (Å²) >= 11 is 1.36. The van der Waals surface area contributed by atoms with Gasteiger partial charge in [0.2, 0.25) is 0 Å². The zero-order valence-corrected chi connectivity index (χ0v) is 13.3. The predicted molar refractivity (Wildman–Crippen MR) is 89.8 cm³/mol. The first-order valence-corrected chi connectivity index (χ1v) is 8.07. The number of anilines is 1. The molecule has 0 aliphatic carbocycles. The number of hydrogen-bond acceptors (Lipinski definition) is 4. The number of nitrogens with one attached hydrogen (secondary N) is 1. The van der Waals surface area contributed by atoms with Crippen molar-refractivity contribution in [3.63, 3.8) is 0 Å². The molecule has 1 heterocycles. The molecule has 0 aliphatic rings. The van der Waals surface area contributed by atoms with E-state index in [0.717, 1.165) is 22.4 Å². The molecule has 1 amide bonds. The van der Waals surface area contributed by atoms with Crippen molar-refractivity contribution in [2.24, 2.45) is 0 Å². The average Bonchev–Trinajstić information content (AvgIpc) is 2.94. The number of amides is 1. The fourth-order valence-corrected chi connectivity index (χ4v) is 2.96. The minimum absolute atomic E-state index is 0.260. The topological polar surface area (TPSA) is 51.2 Å². The Bertz CT molecular complexity index is 847. The lowest BCUT2D eigenvalue weighted by atomic mass is 10.2. The normalized spacial score (nSPS) is 10.7. The van der Waals surface area contributed by atoms with E-state index in [1.165, 1.54) is 29.5 Å². The molecule has 0 spiro atoms. The third-order valence-electron chi connectivity index (χ3n) is 3.14. The number of thiazole rings is 1. The van der Waals surface area contributed by atoms with Crippen molar-refractivity contribution in [1.82, 2.24) is 4.98 Å². The van der Waals surface area contributed by atoms with Gasteiger partial charge in [-0.15, -0.1) is 0 Å². The van der Waals surface area contributed by atoms with Crippen molar-refractivity contribution >= 4 is 32.6 Å². The van der Waals surface area contributed by atoms with E-state index in [0.29, 0.717) is 11.7 Å². The van der Waals surface area contributed by atoms with Crippen molar-refractivity contribution in [2.45, 2.75) is 13.3 Å². The van der Waals surface area contributed by atoms with E-state index in [1.807, 2.05) is 25.1 Å². The lowest BCUT2D eigenvalue weighted by molar-refractivity contribution is 0.102. The van der Waals surface area contributed by atoms with E-state index in [-0.39, 0.29) is 11.5 Å². The highest BCUT2D eigenvalue weighted by Crippen LogP contribution is 2.29. The monoisotopic (exact) mass is 330 g/mol. The lowest BCUT2D eigenvalue weighted by Gasteiger charge is -2.02. The number of benzene rings is 2. The van der Waals surface area contributed by atoms with Gasteiger partial charge in [-0.3, -0.25) is 10.1 Å². The van der Waals surface area contributed by atoms with Gasteiger partial charge in [-0.05, 0) is 42.8 Å². The molecule has 23 heavy (non-hydrogen) atoms. The summed E-state index contributed by atoms with van der Waals surface area (Å²) in [6.07, 6.45) is 0.940. The zero-order valence-electron chi connectivity index (χ0n) is 12.5. The molecule has 0 atom stereocenters. The summed E-state index contributed by atoms with van der Waals surface area (Å²) in [4.78, 5) is 16.5. The first-order valence-electron chi connectivity index (χ1n) is 7.26. The Morgan fingerprint density at radius 1 is 1.30 bits per heavy atom. The van der Waals surface area contributed by atoms with E-state index in [9.17, 15) is 9.18 Å². The van der Waals surface area contributed by atoms with Gasteiger partial charge >= 0.3 is 0 Å². The molecular formula is C17H15FN2O2S. The van der Waals surface area contributed by atoms with Gasteiger partial charge < -0.3 is 4.74 Å². The summed E-state index contributed by atoms with van der Waals surface area (Å²) in [6, 6.07) is 11.2. The number of ether oxygens (including phenoxy) is 1. The number of hydrogen-bond donors (Lipinski definition) is 1. The van der Waals surface area contributed by atoms with Crippen LogP contribution in [-0.4, -0.2) is 17.5 Å². The maximum Gasteiger partial charge on any atom is 0.257 e. The van der Waals surface area contributed by atoms with Gasteiger partial charge in [-0.25, -0.2) is 9.37 Å². The highest BCUT2D eigenvalue weighted by molar-refractivity contribution is 7.22. The third kappa shape index (κ3) is 3.65. The third-order valence-corrected chi connectivity index (χ3v) is 4.07. The van der Waals surface area contributed by atoms with Crippen molar-refractivity contribution < 1.29 is 13.9 Å². The number of carbonyl (C=O) groups excluding carboxylic acids is 1. The minimum Gasteiger partial charge on any atom is -0.494 e. The van der Waals surface area contributed by atoms with Crippen LogP contribution in [-0.2, 0) is 0 Å². The van der Waals surface area contributed by atoms with Gasteiger partial charge in [-0.1, -0.05) is 24.3 Å². The molecule has 0 aliphatic heterocycles. The molecular weight excluding hydrogens is 315 g/mol. The quantitative estimate of drug-likeness (QED) is 0.750. The molecule has 6 heteroatoms. The largest absolute Gasteiger partial charge is 0.494 e. The first-order chi connectivity index (χ1) is 11.2. The second kappa shape index (κ2) is 6.75. The molecule has 0 bridgehead atoms. The molecule has 0 radical (unpaired) electrons. The van der Waals surface area contributed by atoms with Crippen molar-refractivity contribution in [3.05, 3.63) is 53.8 Å². The van der Waals surface area contributed by atoms with Crippen LogP contribution in [0.4, 0.5) is 9.52 Å². The number of aromatic nitrogens is 1. The van der Waals surface area contributed by atoms with Crippen molar-refractivity contribution in [3.8, 4) is 5.75 Å². The Labute approximate surface area is 136 Å². The van der Waals surface area contributed by atoms with Crippen LogP contribution in [0.25, 0.3) is 10.2 Å². The molecule has 3 rings (SSSR count). The molecule has 2 aromatic carbocycles. The standard InChI is InChI=1S/C17H15FN2O2S/c1-2-8-22-13-6-7-14-15(10-13)23-17(19-14)20-16(21)11-4-3-5-12(18)9-11/h3-7,9-10H,2,8H2,1H3,(H,19,20,21). The summed E-state index contributed by atoms with van der Waals surface area (Å²) in [5.41, 5.74) is 1.05. The molecule has 118 valence electrons. The molecule has 0 fully saturated rings. The van der Waals surface area contributed by atoms with Crippen LogP contribution in [0, 0.1) is 5.82 Å². The molecule has 3 aromatic rings. The number of fused-ring (bicyclic) bond motifs is 1. The van der Waals surface area contributed by atoms with Crippen LogP contribution < -0.4 is 10.1 Å². The Morgan fingerprint density at radius 3 is 2.96 bits per heavy atom. The number of halogens is 1. The van der Waals surface area contributed by atoms with Gasteiger partial charge in [0.1, 0.15) is 11.6 Å². The van der Waals surface area contributed by atoms with Crippen LogP contribution in [0.15, 0.2) is 42.5 Å². The smallest absolute Gasteiger partial charge is 0.257 e. The molecule has 4 nitrogen and oxygen atoms in total. The van der Waals surface area contributed by atoms with Gasteiger partial charge in [0.05, 0.1) is 16.8 Å². The maximum absolute atomic E-state index is 13.2. The summed E-state index contributed by atoms with van der Waals surface area (Å²) in [5.74, 6) is -0.0447. The zero-order chi connectivity index (χ0) is 16.2. The highest BCUT2D eigenvalue weighted by atomic mass is 32.1. The van der Waals surface area contributed by atoms with E-state index in [1.54, 1.807) is 6.07 Å². The SMILES string of the molecule is CCCOc1ccc2nc(NC(=O)c3cccc(F)c3)sc2c1. The molecule has 0 saturated heterocycles. The van der Waals surface area contributed by atoms with Crippen molar-refractivity contribution in [1.29, 1.82) is 0 Å².